The number of rotatable bonds is 5. The number of anilines is 3. The van der Waals surface area contributed by atoms with E-state index < -0.39 is 0 Å². The maximum absolute atomic E-state index is 5.99. The summed E-state index contributed by atoms with van der Waals surface area (Å²) in [5.74, 6) is 2.28. The average molecular weight is 278 g/mol. The zero-order valence-corrected chi connectivity index (χ0v) is 11.7. The molecular formula is C14H16ClN3O. The lowest BCUT2D eigenvalue weighted by molar-refractivity contribution is 0.417. The summed E-state index contributed by atoms with van der Waals surface area (Å²) in [5.41, 5.74) is 0.788. The molecule has 100 valence electrons. The molecule has 2 rings (SSSR count). The van der Waals surface area contributed by atoms with Gasteiger partial charge in [0.05, 0.1) is 12.8 Å². The van der Waals surface area contributed by atoms with Crippen LogP contribution in [0.1, 0.15) is 6.92 Å². The molecule has 0 unspecified atom stereocenters. The minimum absolute atomic E-state index is 0.645. The number of aromatic nitrogens is 1. The zero-order valence-electron chi connectivity index (χ0n) is 10.9. The van der Waals surface area contributed by atoms with Crippen LogP contribution < -0.4 is 15.4 Å². The van der Waals surface area contributed by atoms with Crippen LogP contribution in [0.15, 0.2) is 36.4 Å². The third kappa shape index (κ3) is 3.51. The fraction of sp³-hybridized carbons (Fsp3) is 0.214. The van der Waals surface area contributed by atoms with Crippen LogP contribution in [0.5, 0.6) is 5.75 Å². The second-order valence-electron chi connectivity index (χ2n) is 3.91. The van der Waals surface area contributed by atoms with Crippen LogP contribution in [-0.4, -0.2) is 18.6 Å². The first-order valence-corrected chi connectivity index (χ1v) is 6.42. The Morgan fingerprint density at radius 3 is 2.74 bits per heavy atom. The fourth-order valence-electron chi connectivity index (χ4n) is 1.70. The Morgan fingerprint density at radius 1 is 1.21 bits per heavy atom. The normalized spacial score (nSPS) is 10.1. The van der Waals surface area contributed by atoms with E-state index in [-0.39, 0.29) is 0 Å². The number of ether oxygens (including phenoxy) is 1. The molecule has 0 spiro atoms. The molecule has 0 aliphatic carbocycles. The zero-order chi connectivity index (χ0) is 13.7. The van der Waals surface area contributed by atoms with E-state index in [9.17, 15) is 0 Å². The van der Waals surface area contributed by atoms with Crippen molar-refractivity contribution < 1.29 is 4.74 Å². The van der Waals surface area contributed by atoms with E-state index >= 15 is 0 Å². The summed E-state index contributed by atoms with van der Waals surface area (Å²) < 4.78 is 5.29. The van der Waals surface area contributed by atoms with E-state index in [0.29, 0.717) is 5.02 Å². The first-order valence-electron chi connectivity index (χ1n) is 6.04. The monoisotopic (exact) mass is 277 g/mol. The topological polar surface area (TPSA) is 46.2 Å². The summed E-state index contributed by atoms with van der Waals surface area (Å²) in [4.78, 5) is 4.44. The molecule has 1 aromatic heterocycles. The van der Waals surface area contributed by atoms with Crippen LogP contribution in [0, 0.1) is 0 Å². The highest BCUT2D eigenvalue weighted by atomic mass is 35.5. The average Bonchev–Trinajstić information content (AvgIpc) is 2.40. The molecule has 5 heteroatoms. The van der Waals surface area contributed by atoms with Crippen molar-refractivity contribution in [1.82, 2.24) is 4.98 Å². The second-order valence-corrected chi connectivity index (χ2v) is 4.34. The van der Waals surface area contributed by atoms with E-state index in [2.05, 4.69) is 15.6 Å². The van der Waals surface area contributed by atoms with Gasteiger partial charge in [0.2, 0.25) is 0 Å². The Bertz CT molecular complexity index is 560. The van der Waals surface area contributed by atoms with Crippen molar-refractivity contribution >= 4 is 28.9 Å². The van der Waals surface area contributed by atoms with Gasteiger partial charge in [-0.1, -0.05) is 17.7 Å². The van der Waals surface area contributed by atoms with Crippen molar-refractivity contribution in [1.29, 1.82) is 0 Å². The summed E-state index contributed by atoms with van der Waals surface area (Å²) in [6, 6.07) is 11.2. The van der Waals surface area contributed by atoms with Gasteiger partial charge in [-0.15, -0.1) is 0 Å². The lowest BCUT2D eigenvalue weighted by Gasteiger charge is -2.12. The predicted molar refractivity (Wildman–Crippen MR) is 79.7 cm³/mol. The first kappa shape index (κ1) is 13.5. The predicted octanol–water partition coefficient (Wildman–Crippen LogP) is 3.92. The molecule has 0 bridgehead atoms. The van der Waals surface area contributed by atoms with Crippen molar-refractivity contribution in [2.45, 2.75) is 6.92 Å². The Hall–Kier alpha value is -1.94. The number of benzene rings is 1. The lowest BCUT2D eigenvalue weighted by Crippen LogP contribution is -2.02. The summed E-state index contributed by atoms with van der Waals surface area (Å²) in [7, 11) is 1.62. The number of hydrogen-bond donors (Lipinski definition) is 2. The molecule has 0 aliphatic heterocycles. The first-order chi connectivity index (χ1) is 9.22. The van der Waals surface area contributed by atoms with E-state index in [1.54, 1.807) is 13.2 Å². The Kier molecular flexibility index (Phi) is 4.47. The molecule has 0 saturated carbocycles. The maximum Gasteiger partial charge on any atom is 0.142 e. The molecule has 0 radical (unpaired) electrons. The fourth-order valence-corrected chi connectivity index (χ4v) is 1.87. The van der Waals surface area contributed by atoms with Gasteiger partial charge in [0.15, 0.2) is 0 Å². The van der Waals surface area contributed by atoms with Gasteiger partial charge in [-0.3, -0.25) is 0 Å². The maximum atomic E-state index is 5.99. The molecule has 2 N–H and O–H groups in total. The highest BCUT2D eigenvalue weighted by Crippen LogP contribution is 2.30. The molecule has 0 atom stereocenters. The molecule has 1 heterocycles. The highest BCUT2D eigenvalue weighted by molar-refractivity contribution is 6.31. The molecule has 4 nitrogen and oxygen atoms in total. The van der Waals surface area contributed by atoms with Gasteiger partial charge < -0.3 is 15.4 Å². The number of nitrogens with one attached hydrogen (secondary N) is 2. The van der Waals surface area contributed by atoms with E-state index in [1.165, 1.54) is 0 Å². The molecule has 0 fully saturated rings. The Morgan fingerprint density at radius 2 is 2.00 bits per heavy atom. The standard InChI is InChI=1S/C14H16ClN3O/c1-3-16-13-5-4-6-14(18-13)17-11-9-10(15)7-8-12(11)19-2/h4-9H,3H2,1-2H3,(H2,16,17,18). The third-order valence-corrected chi connectivity index (χ3v) is 2.77. The largest absolute Gasteiger partial charge is 0.495 e. The number of halogens is 1. The summed E-state index contributed by atoms with van der Waals surface area (Å²) in [5, 5.41) is 7.01. The molecule has 0 saturated heterocycles. The van der Waals surface area contributed by atoms with Gasteiger partial charge in [0.25, 0.3) is 0 Å². The van der Waals surface area contributed by atoms with Crippen molar-refractivity contribution in [2.24, 2.45) is 0 Å². The molecule has 2 aromatic rings. The molecular weight excluding hydrogens is 262 g/mol. The molecule has 0 amide bonds. The van der Waals surface area contributed by atoms with E-state index in [1.807, 2.05) is 37.3 Å². The smallest absolute Gasteiger partial charge is 0.142 e. The third-order valence-electron chi connectivity index (χ3n) is 2.53. The lowest BCUT2D eigenvalue weighted by atomic mass is 10.3. The minimum atomic E-state index is 0.645. The van der Waals surface area contributed by atoms with Crippen LogP contribution in [0.25, 0.3) is 0 Å². The van der Waals surface area contributed by atoms with E-state index in [0.717, 1.165) is 29.6 Å². The number of methoxy groups -OCH3 is 1. The van der Waals surface area contributed by atoms with Crippen LogP contribution in [-0.2, 0) is 0 Å². The van der Waals surface area contributed by atoms with Crippen LogP contribution in [0.3, 0.4) is 0 Å². The Labute approximate surface area is 117 Å². The van der Waals surface area contributed by atoms with Crippen molar-refractivity contribution in [2.75, 3.05) is 24.3 Å². The Balaban J connectivity index is 2.25. The minimum Gasteiger partial charge on any atom is -0.495 e. The molecule has 19 heavy (non-hydrogen) atoms. The molecule has 1 aromatic carbocycles. The van der Waals surface area contributed by atoms with Crippen molar-refractivity contribution in [3.63, 3.8) is 0 Å². The summed E-state index contributed by atoms with van der Waals surface area (Å²) in [6.45, 7) is 2.86. The highest BCUT2D eigenvalue weighted by Gasteiger charge is 2.05. The molecule has 0 aliphatic rings. The SMILES string of the molecule is CCNc1cccc(Nc2cc(Cl)ccc2OC)n1. The van der Waals surface area contributed by atoms with Gasteiger partial charge in [0.1, 0.15) is 17.4 Å². The second kappa shape index (κ2) is 6.29. The van der Waals surface area contributed by atoms with Gasteiger partial charge in [-0.05, 0) is 37.3 Å². The summed E-state index contributed by atoms with van der Waals surface area (Å²) >= 11 is 5.99. The van der Waals surface area contributed by atoms with Crippen LogP contribution in [0.4, 0.5) is 17.3 Å². The van der Waals surface area contributed by atoms with Gasteiger partial charge in [-0.2, -0.15) is 0 Å². The van der Waals surface area contributed by atoms with Crippen LogP contribution >= 0.6 is 11.6 Å². The number of pyridine rings is 1. The summed E-state index contributed by atoms with van der Waals surface area (Å²) in [6.07, 6.45) is 0. The van der Waals surface area contributed by atoms with Crippen LogP contribution in [0.2, 0.25) is 5.02 Å². The van der Waals surface area contributed by atoms with Gasteiger partial charge in [0, 0.05) is 11.6 Å². The van der Waals surface area contributed by atoms with Gasteiger partial charge >= 0.3 is 0 Å². The van der Waals surface area contributed by atoms with E-state index in [4.69, 9.17) is 16.3 Å². The van der Waals surface area contributed by atoms with Gasteiger partial charge in [-0.25, -0.2) is 4.98 Å². The van der Waals surface area contributed by atoms with Crippen molar-refractivity contribution in [3.8, 4) is 5.75 Å². The van der Waals surface area contributed by atoms with Crippen molar-refractivity contribution in [3.05, 3.63) is 41.4 Å². The number of hydrogen-bond acceptors (Lipinski definition) is 4. The number of nitrogens with zero attached hydrogens (tertiary/aromatic N) is 1. The quantitative estimate of drug-likeness (QED) is 0.870.